The van der Waals surface area contributed by atoms with Crippen LogP contribution in [0.15, 0.2) is 48.5 Å². The van der Waals surface area contributed by atoms with E-state index in [-0.39, 0.29) is 5.91 Å². The number of carbonyl (C=O) groups is 1. The Morgan fingerprint density at radius 3 is 2.77 bits per heavy atom. The number of rotatable bonds is 7. The summed E-state index contributed by atoms with van der Waals surface area (Å²) in [6, 6.07) is 15.8. The summed E-state index contributed by atoms with van der Waals surface area (Å²) < 4.78 is 5.42. The summed E-state index contributed by atoms with van der Waals surface area (Å²) in [7, 11) is 0. The molecule has 0 radical (unpaired) electrons. The van der Waals surface area contributed by atoms with Gasteiger partial charge in [-0.15, -0.1) is 11.8 Å². The maximum Gasteiger partial charge on any atom is 0.234 e. The molecule has 0 aliphatic carbocycles. The van der Waals surface area contributed by atoms with E-state index < -0.39 is 0 Å². The molecule has 0 fully saturated rings. The monoisotopic (exact) mass is 315 g/mol. The molecule has 0 saturated carbocycles. The van der Waals surface area contributed by atoms with Crippen LogP contribution in [0, 0.1) is 6.92 Å². The van der Waals surface area contributed by atoms with Crippen molar-refractivity contribution in [2.75, 3.05) is 17.7 Å². The lowest BCUT2D eigenvalue weighted by Gasteiger charge is -2.08. The van der Waals surface area contributed by atoms with Gasteiger partial charge in [0.05, 0.1) is 12.4 Å². The first-order valence-electron chi connectivity index (χ1n) is 7.33. The Labute approximate surface area is 136 Å². The first-order chi connectivity index (χ1) is 10.7. The predicted molar refractivity (Wildman–Crippen MR) is 93.6 cm³/mol. The smallest absolute Gasteiger partial charge is 0.234 e. The molecule has 0 aromatic heterocycles. The number of carbonyl (C=O) groups excluding carboxylic acids is 1. The topological polar surface area (TPSA) is 38.3 Å². The van der Waals surface area contributed by atoms with Crippen LogP contribution in [0.25, 0.3) is 0 Å². The Balaban J connectivity index is 1.79. The fraction of sp³-hybridized carbons (Fsp3) is 0.278. The van der Waals surface area contributed by atoms with Gasteiger partial charge in [0.25, 0.3) is 0 Å². The Morgan fingerprint density at radius 2 is 2.00 bits per heavy atom. The van der Waals surface area contributed by atoms with Crippen LogP contribution in [0.4, 0.5) is 5.69 Å². The minimum atomic E-state index is 0.00583. The lowest BCUT2D eigenvalue weighted by atomic mass is 10.2. The molecule has 0 saturated heterocycles. The normalized spacial score (nSPS) is 10.3. The average molecular weight is 315 g/mol. The Hall–Kier alpha value is -1.94. The van der Waals surface area contributed by atoms with Crippen molar-refractivity contribution in [2.45, 2.75) is 19.6 Å². The summed E-state index contributed by atoms with van der Waals surface area (Å²) in [4.78, 5) is 12.0. The van der Waals surface area contributed by atoms with E-state index in [0.717, 1.165) is 17.2 Å². The number of aryl methyl sites for hydroxylation is 1. The van der Waals surface area contributed by atoms with Crippen molar-refractivity contribution in [1.82, 2.24) is 0 Å². The number of thioether (sulfide) groups is 1. The molecule has 1 N–H and O–H groups in total. The summed E-state index contributed by atoms with van der Waals surface area (Å²) >= 11 is 1.61. The molecule has 2 rings (SSSR count). The van der Waals surface area contributed by atoms with Crippen LogP contribution in [0.5, 0.6) is 5.75 Å². The zero-order valence-electron chi connectivity index (χ0n) is 13.0. The second-order valence-corrected chi connectivity index (χ2v) is 5.98. The van der Waals surface area contributed by atoms with E-state index in [2.05, 4.69) is 30.4 Å². The van der Waals surface area contributed by atoms with Crippen LogP contribution in [-0.2, 0) is 10.5 Å². The molecule has 0 unspecified atom stereocenters. The standard InChI is InChI=1S/C18H21NO2S/c1-3-21-17-9-5-8-16(11-17)19-18(20)13-22-12-15-7-4-6-14(2)10-15/h4-11H,3,12-13H2,1-2H3,(H,19,20). The van der Waals surface area contributed by atoms with Crippen LogP contribution in [0.3, 0.4) is 0 Å². The Bertz CT molecular complexity index is 628. The highest BCUT2D eigenvalue weighted by Gasteiger charge is 2.04. The summed E-state index contributed by atoms with van der Waals surface area (Å²) in [5.41, 5.74) is 3.26. The Kier molecular flexibility index (Phi) is 6.34. The molecule has 0 heterocycles. The molecule has 0 spiro atoms. The fourth-order valence-electron chi connectivity index (χ4n) is 2.09. The SMILES string of the molecule is CCOc1cccc(NC(=O)CSCc2cccc(C)c2)c1. The predicted octanol–water partition coefficient (Wildman–Crippen LogP) is 4.27. The van der Waals surface area contributed by atoms with E-state index in [0.29, 0.717) is 12.4 Å². The van der Waals surface area contributed by atoms with Crippen LogP contribution in [0.1, 0.15) is 18.1 Å². The first-order valence-corrected chi connectivity index (χ1v) is 8.49. The second kappa shape index (κ2) is 8.49. The van der Waals surface area contributed by atoms with E-state index in [4.69, 9.17) is 4.74 Å². The van der Waals surface area contributed by atoms with Gasteiger partial charge in [0, 0.05) is 17.5 Å². The van der Waals surface area contributed by atoms with Gasteiger partial charge in [-0.3, -0.25) is 4.79 Å². The number of hydrogen-bond acceptors (Lipinski definition) is 3. The summed E-state index contributed by atoms with van der Waals surface area (Å²) in [6.07, 6.45) is 0. The number of benzene rings is 2. The molecular formula is C18H21NO2S. The zero-order valence-corrected chi connectivity index (χ0v) is 13.8. The minimum absolute atomic E-state index is 0.00583. The third-order valence-corrected chi connectivity index (χ3v) is 4.02. The molecule has 2 aromatic carbocycles. The third-order valence-electron chi connectivity index (χ3n) is 3.01. The lowest BCUT2D eigenvalue weighted by molar-refractivity contribution is -0.113. The first kappa shape index (κ1) is 16.4. The van der Waals surface area contributed by atoms with Gasteiger partial charge >= 0.3 is 0 Å². The van der Waals surface area contributed by atoms with Gasteiger partial charge in [-0.05, 0) is 31.5 Å². The molecule has 0 bridgehead atoms. The summed E-state index contributed by atoms with van der Waals surface area (Å²) in [5, 5.41) is 2.90. The molecule has 0 atom stereocenters. The second-order valence-electron chi connectivity index (χ2n) is 4.99. The van der Waals surface area contributed by atoms with Crippen LogP contribution in [0.2, 0.25) is 0 Å². The van der Waals surface area contributed by atoms with Crippen molar-refractivity contribution in [3.63, 3.8) is 0 Å². The van der Waals surface area contributed by atoms with Crippen molar-refractivity contribution < 1.29 is 9.53 Å². The molecule has 0 aliphatic heterocycles. The molecule has 22 heavy (non-hydrogen) atoms. The number of amides is 1. The number of anilines is 1. The summed E-state index contributed by atoms with van der Waals surface area (Å²) in [5.74, 6) is 2.06. The number of nitrogens with one attached hydrogen (secondary N) is 1. The summed E-state index contributed by atoms with van der Waals surface area (Å²) in [6.45, 7) is 4.63. The minimum Gasteiger partial charge on any atom is -0.494 e. The number of hydrogen-bond donors (Lipinski definition) is 1. The average Bonchev–Trinajstić information content (AvgIpc) is 2.48. The molecule has 2 aromatic rings. The van der Waals surface area contributed by atoms with E-state index >= 15 is 0 Å². The van der Waals surface area contributed by atoms with Crippen LogP contribution in [-0.4, -0.2) is 18.3 Å². The van der Waals surface area contributed by atoms with E-state index in [9.17, 15) is 4.79 Å². The van der Waals surface area contributed by atoms with E-state index in [1.165, 1.54) is 11.1 Å². The van der Waals surface area contributed by atoms with Gasteiger partial charge in [0.1, 0.15) is 5.75 Å². The highest BCUT2D eigenvalue weighted by atomic mass is 32.2. The maximum atomic E-state index is 12.0. The highest BCUT2D eigenvalue weighted by Crippen LogP contribution is 2.18. The van der Waals surface area contributed by atoms with Gasteiger partial charge in [-0.25, -0.2) is 0 Å². The van der Waals surface area contributed by atoms with Crippen molar-refractivity contribution in [2.24, 2.45) is 0 Å². The van der Waals surface area contributed by atoms with Gasteiger partial charge in [0.2, 0.25) is 5.91 Å². The van der Waals surface area contributed by atoms with Crippen LogP contribution < -0.4 is 10.1 Å². The van der Waals surface area contributed by atoms with Gasteiger partial charge in [-0.2, -0.15) is 0 Å². The molecule has 4 heteroatoms. The van der Waals surface area contributed by atoms with Gasteiger partial charge in [-0.1, -0.05) is 35.9 Å². The van der Waals surface area contributed by atoms with Crippen molar-refractivity contribution in [3.05, 3.63) is 59.7 Å². The molecule has 0 aliphatic rings. The molecule has 116 valence electrons. The molecule has 1 amide bonds. The van der Waals surface area contributed by atoms with Gasteiger partial charge < -0.3 is 10.1 Å². The lowest BCUT2D eigenvalue weighted by Crippen LogP contribution is -2.14. The quantitative estimate of drug-likeness (QED) is 0.829. The van der Waals surface area contributed by atoms with Crippen molar-refractivity contribution in [1.29, 1.82) is 0 Å². The molecular weight excluding hydrogens is 294 g/mol. The maximum absolute atomic E-state index is 12.0. The van der Waals surface area contributed by atoms with Crippen LogP contribution >= 0.6 is 11.8 Å². The third kappa shape index (κ3) is 5.45. The zero-order chi connectivity index (χ0) is 15.8. The highest BCUT2D eigenvalue weighted by molar-refractivity contribution is 7.99. The number of ether oxygens (including phenoxy) is 1. The van der Waals surface area contributed by atoms with Crippen molar-refractivity contribution in [3.8, 4) is 5.75 Å². The Morgan fingerprint density at radius 1 is 1.18 bits per heavy atom. The molecule has 3 nitrogen and oxygen atoms in total. The van der Waals surface area contributed by atoms with E-state index in [1.54, 1.807) is 11.8 Å². The largest absolute Gasteiger partial charge is 0.494 e. The van der Waals surface area contributed by atoms with Gasteiger partial charge in [0.15, 0.2) is 0 Å². The fourth-order valence-corrected chi connectivity index (χ4v) is 2.87. The van der Waals surface area contributed by atoms with Crippen molar-refractivity contribution >= 4 is 23.4 Å². The van der Waals surface area contributed by atoms with E-state index in [1.807, 2.05) is 37.3 Å².